The van der Waals surface area contributed by atoms with Crippen molar-refractivity contribution >= 4 is 34.7 Å². The topological polar surface area (TPSA) is 43.1 Å². The van der Waals surface area contributed by atoms with E-state index >= 15 is 0 Å². The van der Waals surface area contributed by atoms with Crippen LogP contribution >= 0.6 is 23.2 Å². The highest BCUT2D eigenvalue weighted by Gasteiger charge is 2.18. The Morgan fingerprint density at radius 1 is 1.05 bits per heavy atom. The molecule has 2 aromatic rings. The second kappa shape index (κ2) is 5.15. The molecule has 0 aliphatic carbocycles. The van der Waals surface area contributed by atoms with Gasteiger partial charge in [-0.2, -0.15) is 0 Å². The Hall–Kier alpha value is -1.65. The fourth-order valence-electron chi connectivity index (χ4n) is 1.57. The minimum Gasteiger partial charge on any atom is -0.396 e. The number of hydrogen-bond acceptors (Lipinski definition) is 2. The van der Waals surface area contributed by atoms with Crippen molar-refractivity contribution in [2.24, 2.45) is 0 Å². The Morgan fingerprint density at radius 3 is 2.37 bits per heavy atom. The summed E-state index contributed by atoms with van der Waals surface area (Å²) in [5.41, 5.74) is 4.50. The summed E-state index contributed by atoms with van der Waals surface area (Å²) in [6.45, 7) is 0. The number of nitrogens with two attached hydrogens (primary N) is 1. The number of anilines is 1. The van der Waals surface area contributed by atoms with Crippen LogP contribution in [0.15, 0.2) is 30.3 Å². The molecule has 0 aliphatic heterocycles. The summed E-state index contributed by atoms with van der Waals surface area (Å²) in [7, 11) is 0. The molecule has 0 radical (unpaired) electrons. The summed E-state index contributed by atoms with van der Waals surface area (Å²) in [4.78, 5) is 12.1. The van der Waals surface area contributed by atoms with Crippen LogP contribution in [0.5, 0.6) is 0 Å². The van der Waals surface area contributed by atoms with Crippen molar-refractivity contribution in [2.45, 2.75) is 0 Å². The molecular weight excluding hydrogens is 295 g/mol. The SMILES string of the molecule is Nc1cc(F)cc(C(=O)c2ccc(Cl)c(Cl)c2)c1F. The summed E-state index contributed by atoms with van der Waals surface area (Å²) in [5.74, 6) is -2.47. The Kier molecular flexibility index (Phi) is 3.73. The molecule has 2 rings (SSSR count). The third kappa shape index (κ3) is 2.69. The van der Waals surface area contributed by atoms with Crippen LogP contribution in [0.4, 0.5) is 14.5 Å². The van der Waals surface area contributed by atoms with Crippen LogP contribution in [0.25, 0.3) is 0 Å². The van der Waals surface area contributed by atoms with E-state index in [0.29, 0.717) is 0 Å². The van der Waals surface area contributed by atoms with Gasteiger partial charge in [-0.05, 0) is 30.3 Å². The highest BCUT2D eigenvalue weighted by atomic mass is 35.5. The Bertz CT molecular complexity index is 674. The minimum absolute atomic E-state index is 0.0956. The largest absolute Gasteiger partial charge is 0.396 e. The normalized spacial score (nSPS) is 10.5. The van der Waals surface area contributed by atoms with Crippen LogP contribution in [-0.2, 0) is 0 Å². The van der Waals surface area contributed by atoms with Crippen molar-refractivity contribution in [3.05, 3.63) is 63.1 Å². The van der Waals surface area contributed by atoms with Crippen LogP contribution in [0.1, 0.15) is 15.9 Å². The second-order valence-electron chi connectivity index (χ2n) is 3.81. The predicted octanol–water partition coefficient (Wildman–Crippen LogP) is 4.08. The van der Waals surface area contributed by atoms with Crippen molar-refractivity contribution in [1.82, 2.24) is 0 Å². The first-order valence-corrected chi connectivity index (χ1v) is 5.90. The summed E-state index contributed by atoms with van der Waals surface area (Å²) < 4.78 is 26.9. The standard InChI is InChI=1S/C13H7Cl2F2NO/c14-9-2-1-6(3-10(9)15)13(19)8-4-7(16)5-11(18)12(8)17/h1-5H,18H2. The molecule has 0 aromatic heterocycles. The molecule has 0 atom stereocenters. The van der Waals surface area contributed by atoms with E-state index < -0.39 is 28.7 Å². The van der Waals surface area contributed by atoms with E-state index in [9.17, 15) is 13.6 Å². The van der Waals surface area contributed by atoms with E-state index in [1.54, 1.807) is 0 Å². The molecule has 2 nitrogen and oxygen atoms in total. The molecule has 0 saturated heterocycles. The van der Waals surface area contributed by atoms with E-state index in [2.05, 4.69) is 0 Å². The minimum atomic E-state index is -0.961. The van der Waals surface area contributed by atoms with Gasteiger partial charge in [-0.1, -0.05) is 23.2 Å². The molecule has 0 amide bonds. The summed E-state index contributed by atoms with van der Waals surface area (Å²) in [5, 5.41) is 0.412. The van der Waals surface area contributed by atoms with Crippen LogP contribution in [0.3, 0.4) is 0 Å². The molecule has 2 N–H and O–H groups in total. The second-order valence-corrected chi connectivity index (χ2v) is 4.63. The average Bonchev–Trinajstić information content (AvgIpc) is 2.36. The summed E-state index contributed by atoms with van der Waals surface area (Å²) in [6, 6.07) is 5.65. The van der Waals surface area contributed by atoms with Crippen molar-refractivity contribution in [2.75, 3.05) is 5.73 Å². The molecule has 0 bridgehead atoms. The van der Waals surface area contributed by atoms with Gasteiger partial charge in [-0.3, -0.25) is 4.79 Å². The van der Waals surface area contributed by atoms with E-state index in [0.717, 1.165) is 12.1 Å². The van der Waals surface area contributed by atoms with E-state index in [-0.39, 0.29) is 15.6 Å². The fourth-order valence-corrected chi connectivity index (χ4v) is 1.87. The van der Waals surface area contributed by atoms with Gasteiger partial charge in [0.1, 0.15) is 5.82 Å². The first kappa shape index (κ1) is 13.8. The van der Waals surface area contributed by atoms with Gasteiger partial charge in [0.05, 0.1) is 21.3 Å². The van der Waals surface area contributed by atoms with E-state index in [1.165, 1.54) is 18.2 Å². The lowest BCUT2D eigenvalue weighted by Crippen LogP contribution is -2.07. The summed E-state index contributed by atoms with van der Waals surface area (Å²) in [6.07, 6.45) is 0. The number of rotatable bonds is 2. The van der Waals surface area contributed by atoms with Crippen molar-refractivity contribution in [3.63, 3.8) is 0 Å². The molecule has 6 heteroatoms. The van der Waals surface area contributed by atoms with Gasteiger partial charge in [0, 0.05) is 5.56 Å². The first-order chi connectivity index (χ1) is 8.90. The molecule has 0 unspecified atom stereocenters. The van der Waals surface area contributed by atoms with Crippen LogP contribution in [0.2, 0.25) is 10.0 Å². The molecule has 0 spiro atoms. The quantitative estimate of drug-likeness (QED) is 0.671. The lowest BCUT2D eigenvalue weighted by molar-refractivity contribution is 0.103. The van der Waals surface area contributed by atoms with E-state index in [1.807, 2.05) is 0 Å². The lowest BCUT2D eigenvalue weighted by Gasteiger charge is -2.06. The number of halogens is 4. The maximum Gasteiger partial charge on any atom is 0.196 e. The van der Waals surface area contributed by atoms with Gasteiger partial charge < -0.3 is 5.73 Å². The van der Waals surface area contributed by atoms with Gasteiger partial charge in [0.2, 0.25) is 0 Å². The highest BCUT2D eigenvalue weighted by Crippen LogP contribution is 2.26. The molecule has 0 aliphatic rings. The van der Waals surface area contributed by atoms with Crippen molar-refractivity contribution < 1.29 is 13.6 Å². The number of ketones is 1. The number of hydrogen-bond donors (Lipinski definition) is 1. The van der Waals surface area contributed by atoms with Gasteiger partial charge in [-0.25, -0.2) is 8.78 Å². The van der Waals surface area contributed by atoms with Gasteiger partial charge in [0.15, 0.2) is 11.6 Å². The number of carbonyl (C=O) groups is 1. The van der Waals surface area contributed by atoms with Crippen LogP contribution < -0.4 is 5.73 Å². The molecule has 98 valence electrons. The molecule has 19 heavy (non-hydrogen) atoms. The molecule has 0 fully saturated rings. The summed E-state index contributed by atoms with van der Waals surface area (Å²) >= 11 is 11.5. The van der Waals surface area contributed by atoms with E-state index in [4.69, 9.17) is 28.9 Å². The van der Waals surface area contributed by atoms with Crippen LogP contribution in [-0.4, -0.2) is 5.78 Å². The Labute approximate surface area is 117 Å². The van der Waals surface area contributed by atoms with Gasteiger partial charge in [-0.15, -0.1) is 0 Å². The third-order valence-corrected chi connectivity index (χ3v) is 3.23. The van der Waals surface area contributed by atoms with Crippen molar-refractivity contribution in [3.8, 4) is 0 Å². The first-order valence-electron chi connectivity index (χ1n) is 5.14. The Balaban J connectivity index is 2.53. The number of carbonyl (C=O) groups excluding carboxylic acids is 1. The smallest absolute Gasteiger partial charge is 0.196 e. The third-order valence-electron chi connectivity index (χ3n) is 2.49. The number of benzene rings is 2. The number of nitrogen functional groups attached to an aromatic ring is 1. The van der Waals surface area contributed by atoms with Crippen LogP contribution in [0, 0.1) is 11.6 Å². The zero-order valence-electron chi connectivity index (χ0n) is 9.38. The van der Waals surface area contributed by atoms with Gasteiger partial charge >= 0.3 is 0 Å². The zero-order valence-corrected chi connectivity index (χ0v) is 10.9. The molecule has 0 saturated carbocycles. The average molecular weight is 302 g/mol. The predicted molar refractivity (Wildman–Crippen MR) is 70.7 cm³/mol. The maximum atomic E-state index is 13.7. The Morgan fingerprint density at radius 2 is 1.74 bits per heavy atom. The lowest BCUT2D eigenvalue weighted by atomic mass is 10.0. The molecule has 0 heterocycles. The van der Waals surface area contributed by atoms with Gasteiger partial charge in [0.25, 0.3) is 0 Å². The highest BCUT2D eigenvalue weighted by molar-refractivity contribution is 6.42. The fraction of sp³-hybridized carbons (Fsp3) is 0. The maximum absolute atomic E-state index is 13.7. The molecular formula is C13H7Cl2F2NO. The van der Waals surface area contributed by atoms with Crippen molar-refractivity contribution in [1.29, 1.82) is 0 Å². The zero-order chi connectivity index (χ0) is 14.2. The molecule has 2 aromatic carbocycles. The monoisotopic (exact) mass is 301 g/mol.